The highest BCUT2D eigenvalue weighted by atomic mass is 32.2. The lowest BCUT2D eigenvalue weighted by atomic mass is 10.2. The maximum Gasteiger partial charge on any atom is 0.307 e. The first-order valence-electron chi connectivity index (χ1n) is 12.0. The summed E-state index contributed by atoms with van der Waals surface area (Å²) < 4.78 is 45.4. The molecule has 0 bridgehead atoms. The zero-order chi connectivity index (χ0) is 26.6. The van der Waals surface area contributed by atoms with Crippen LogP contribution >= 0.6 is 11.3 Å². The number of aryl methyl sites for hydroxylation is 1. The lowest BCUT2D eigenvalue weighted by Crippen LogP contribution is -2.27. The average molecular weight is 548 g/mol. The van der Waals surface area contributed by atoms with Gasteiger partial charge in [0.1, 0.15) is 0 Å². The summed E-state index contributed by atoms with van der Waals surface area (Å²) >= 11 is 1.28. The molecular weight excluding hydrogens is 518 g/mol. The Bertz CT molecular complexity index is 1470. The van der Waals surface area contributed by atoms with Crippen LogP contribution in [-0.4, -0.2) is 56.2 Å². The van der Waals surface area contributed by atoms with Crippen LogP contribution in [-0.2, 0) is 26.1 Å². The molecule has 0 saturated carbocycles. The smallest absolute Gasteiger partial charge is 0.307 e. The molecule has 0 spiro atoms. The van der Waals surface area contributed by atoms with Crippen LogP contribution in [0.3, 0.4) is 0 Å². The number of unbranched alkanes of at least 4 members (excludes halogenated alkanes) is 1. The number of rotatable bonds is 10. The van der Waals surface area contributed by atoms with Crippen molar-refractivity contribution in [1.29, 1.82) is 0 Å². The van der Waals surface area contributed by atoms with Crippen molar-refractivity contribution in [3.05, 3.63) is 46.8 Å². The number of hydrogen-bond donors (Lipinski definition) is 0. The normalized spacial score (nSPS) is 13.5. The number of esters is 1. The molecule has 1 aliphatic heterocycles. The van der Waals surface area contributed by atoms with Gasteiger partial charge in [0.15, 0.2) is 16.3 Å². The first-order chi connectivity index (χ1) is 17.7. The predicted molar refractivity (Wildman–Crippen MR) is 138 cm³/mol. The van der Waals surface area contributed by atoms with Crippen molar-refractivity contribution in [3.63, 3.8) is 0 Å². The van der Waals surface area contributed by atoms with E-state index in [1.54, 1.807) is 24.6 Å². The Hall–Kier alpha value is -3.22. The lowest BCUT2D eigenvalue weighted by Gasteiger charge is -2.16. The average Bonchev–Trinajstić information content (AvgIpc) is 3.47. The maximum atomic E-state index is 13.0. The molecule has 0 saturated heterocycles. The minimum Gasteiger partial charge on any atom is -0.466 e. The summed E-state index contributed by atoms with van der Waals surface area (Å²) in [5, 5.41) is 0. The van der Waals surface area contributed by atoms with Crippen molar-refractivity contribution in [2.75, 3.05) is 27.0 Å². The Labute approximate surface area is 219 Å². The number of amides is 1. The van der Waals surface area contributed by atoms with Crippen LogP contribution in [0.15, 0.2) is 46.3 Å². The Morgan fingerprint density at radius 3 is 2.51 bits per heavy atom. The van der Waals surface area contributed by atoms with Crippen LogP contribution in [0.25, 0.3) is 10.2 Å². The molecule has 2 heterocycles. The second kappa shape index (κ2) is 11.4. The Morgan fingerprint density at radius 2 is 1.84 bits per heavy atom. The highest BCUT2D eigenvalue weighted by Gasteiger charge is 2.21. The van der Waals surface area contributed by atoms with Crippen LogP contribution in [0, 0.1) is 0 Å². The Kier molecular flexibility index (Phi) is 8.30. The molecule has 0 N–H and O–H groups in total. The fourth-order valence-corrected chi connectivity index (χ4v) is 6.07. The number of thiazole rings is 1. The quantitative estimate of drug-likeness (QED) is 0.357. The number of carbonyl (C=O) groups excluding carboxylic acids is 2. The van der Waals surface area contributed by atoms with Crippen LogP contribution < -0.4 is 14.3 Å². The third-order valence-corrected chi connectivity index (χ3v) is 8.77. The van der Waals surface area contributed by atoms with E-state index in [4.69, 9.17) is 14.2 Å². The first kappa shape index (κ1) is 26.8. The molecule has 198 valence electrons. The number of hydrogen-bond acceptors (Lipinski definition) is 8. The van der Waals surface area contributed by atoms with Crippen molar-refractivity contribution < 1.29 is 32.2 Å². The number of fused-ring (bicyclic) bond motifs is 2. The second-order valence-electron chi connectivity index (χ2n) is 8.39. The third kappa shape index (κ3) is 5.86. The summed E-state index contributed by atoms with van der Waals surface area (Å²) in [7, 11) is -2.10. The van der Waals surface area contributed by atoms with Crippen molar-refractivity contribution in [3.8, 4) is 11.5 Å². The van der Waals surface area contributed by atoms with Gasteiger partial charge in [0.25, 0.3) is 5.91 Å². The molecule has 0 aliphatic carbocycles. The van der Waals surface area contributed by atoms with Crippen molar-refractivity contribution in [1.82, 2.24) is 8.87 Å². The maximum absolute atomic E-state index is 13.0. The molecule has 0 fully saturated rings. The van der Waals surface area contributed by atoms with E-state index < -0.39 is 15.9 Å². The molecule has 1 aromatic heterocycles. The molecule has 2 aromatic carbocycles. The molecule has 0 unspecified atom stereocenters. The van der Waals surface area contributed by atoms with Crippen molar-refractivity contribution in [2.45, 2.75) is 44.6 Å². The highest BCUT2D eigenvalue weighted by Crippen LogP contribution is 2.37. The summed E-state index contributed by atoms with van der Waals surface area (Å²) in [5.41, 5.74) is 1.00. The fraction of sp³-hybridized carbons (Fsp3) is 0.400. The fourth-order valence-electron chi connectivity index (χ4n) is 3.80. The van der Waals surface area contributed by atoms with Gasteiger partial charge in [-0.3, -0.25) is 9.59 Å². The lowest BCUT2D eigenvalue weighted by molar-refractivity contribution is -0.143. The minimum atomic E-state index is -3.64. The van der Waals surface area contributed by atoms with E-state index in [1.165, 1.54) is 39.9 Å². The topological polar surface area (TPSA) is 117 Å². The summed E-state index contributed by atoms with van der Waals surface area (Å²) in [6, 6.07) is 9.37. The van der Waals surface area contributed by atoms with E-state index >= 15 is 0 Å². The second-order valence-corrected chi connectivity index (χ2v) is 11.4. The van der Waals surface area contributed by atoms with Gasteiger partial charge in [-0.25, -0.2) is 12.7 Å². The largest absolute Gasteiger partial charge is 0.466 e. The number of benzene rings is 2. The van der Waals surface area contributed by atoms with E-state index in [0.29, 0.717) is 22.8 Å². The Morgan fingerprint density at radius 1 is 1.14 bits per heavy atom. The van der Waals surface area contributed by atoms with Gasteiger partial charge in [-0.05, 0) is 37.6 Å². The van der Waals surface area contributed by atoms with Gasteiger partial charge in [-0.2, -0.15) is 4.99 Å². The minimum absolute atomic E-state index is 0.105. The van der Waals surface area contributed by atoms with Gasteiger partial charge in [0.05, 0.1) is 28.1 Å². The van der Waals surface area contributed by atoms with Crippen LogP contribution in [0.2, 0.25) is 0 Å². The standard InChI is InChI=1S/C25H29N3O7S2/c1-4-6-12-27(3)37(31,32)18-9-7-17(8-10-18)24(30)26-25-28(13-11-23(29)33-5-2)19-14-20-21(35-16-34-20)15-22(19)36-25/h7-10,14-15H,4-6,11-13,16H2,1-3H3. The molecule has 0 atom stereocenters. The highest BCUT2D eigenvalue weighted by molar-refractivity contribution is 7.89. The van der Waals surface area contributed by atoms with Gasteiger partial charge in [0, 0.05) is 37.8 Å². The molecule has 37 heavy (non-hydrogen) atoms. The number of ether oxygens (including phenoxy) is 3. The summed E-state index contributed by atoms with van der Waals surface area (Å²) in [6.45, 7) is 4.83. The Balaban J connectivity index is 1.65. The molecule has 4 rings (SSSR count). The monoisotopic (exact) mass is 547 g/mol. The molecule has 3 aromatic rings. The van der Waals surface area contributed by atoms with Gasteiger partial charge in [-0.15, -0.1) is 0 Å². The van der Waals surface area contributed by atoms with Gasteiger partial charge in [-0.1, -0.05) is 24.7 Å². The van der Waals surface area contributed by atoms with E-state index in [1.807, 2.05) is 13.0 Å². The van der Waals surface area contributed by atoms with E-state index in [0.717, 1.165) is 23.1 Å². The number of carbonyl (C=O) groups is 2. The predicted octanol–water partition coefficient (Wildman–Crippen LogP) is 3.55. The first-order valence-corrected chi connectivity index (χ1v) is 14.2. The summed E-state index contributed by atoms with van der Waals surface area (Å²) in [5.74, 6) is 0.298. The SMILES string of the molecule is CCCCN(C)S(=O)(=O)c1ccc(C(=O)N=c2sc3cc4c(cc3n2CCC(=O)OCC)OCO4)cc1. The zero-order valence-corrected chi connectivity index (χ0v) is 22.6. The van der Waals surface area contributed by atoms with Crippen LogP contribution in [0.1, 0.15) is 43.5 Å². The number of aromatic nitrogens is 1. The summed E-state index contributed by atoms with van der Waals surface area (Å²) in [6.07, 6.45) is 1.75. The van der Waals surface area contributed by atoms with E-state index in [9.17, 15) is 18.0 Å². The van der Waals surface area contributed by atoms with Crippen molar-refractivity contribution in [2.24, 2.45) is 4.99 Å². The van der Waals surface area contributed by atoms with Crippen molar-refractivity contribution >= 4 is 43.5 Å². The van der Waals surface area contributed by atoms with Crippen LogP contribution in [0.4, 0.5) is 0 Å². The van der Waals surface area contributed by atoms with E-state index in [-0.39, 0.29) is 42.8 Å². The molecule has 1 aliphatic rings. The number of nitrogens with zero attached hydrogens (tertiary/aromatic N) is 3. The van der Waals surface area contributed by atoms with E-state index in [2.05, 4.69) is 4.99 Å². The molecular formula is C25H29N3O7S2. The van der Waals surface area contributed by atoms with Gasteiger partial charge in [0.2, 0.25) is 16.8 Å². The van der Waals surface area contributed by atoms with Crippen LogP contribution in [0.5, 0.6) is 11.5 Å². The molecule has 1 amide bonds. The van der Waals surface area contributed by atoms with Gasteiger partial charge >= 0.3 is 5.97 Å². The number of sulfonamides is 1. The molecule has 12 heteroatoms. The summed E-state index contributed by atoms with van der Waals surface area (Å²) in [4.78, 5) is 29.9. The molecule has 10 nitrogen and oxygen atoms in total. The van der Waals surface area contributed by atoms with Gasteiger partial charge < -0.3 is 18.8 Å². The third-order valence-electron chi connectivity index (χ3n) is 5.86. The molecule has 0 radical (unpaired) electrons. The zero-order valence-electron chi connectivity index (χ0n) is 20.9.